The predicted octanol–water partition coefficient (Wildman–Crippen LogP) is 5.40. The first kappa shape index (κ1) is 21.0. The zero-order valence-corrected chi connectivity index (χ0v) is 19.8. The van der Waals surface area contributed by atoms with Gasteiger partial charge in [0.1, 0.15) is 0 Å². The molecule has 0 amide bonds. The minimum atomic E-state index is 0.228. The first-order chi connectivity index (χ1) is 13.6. The van der Waals surface area contributed by atoms with Crippen LogP contribution in [0.5, 0.6) is 0 Å². The van der Waals surface area contributed by atoms with E-state index in [9.17, 15) is 0 Å². The summed E-state index contributed by atoms with van der Waals surface area (Å²) in [6, 6.07) is 5.47. The Kier molecular flexibility index (Phi) is 5.01. The third-order valence-corrected chi connectivity index (χ3v) is 9.72. The van der Waals surface area contributed by atoms with Gasteiger partial charge in [-0.2, -0.15) is 0 Å². The number of aryl methyl sites for hydroxylation is 1. The van der Waals surface area contributed by atoms with Crippen molar-refractivity contribution in [2.75, 3.05) is 13.6 Å². The first-order valence-corrected chi connectivity index (χ1v) is 11.6. The highest BCUT2D eigenvalue weighted by molar-refractivity contribution is 6.30. The van der Waals surface area contributed by atoms with Crippen molar-refractivity contribution in [3.8, 4) is 0 Å². The van der Waals surface area contributed by atoms with Gasteiger partial charge >= 0.3 is 0 Å². The lowest BCUT2D eigenvalue weighted by atomic mass is 9.35. The zero-order valence-electron chi connectivity index (χ0n) is 19.8. The SMILES string of the molecule is C=C(CC1CCC2(C)[C@@H]3Cc4ccc(C)c(C)c4[C@@]2(CCN3C)C1(C)C)N[B]C. The molecule has 1 aliphatic heterocycles. The average molecular weight is 391 g/mol. The Morgan fingerprint density at radius 3 is 2.66 bits per heavy atom. The summed E-state index contributed by atoms with van der Waals surface area (Å²) in [6.45, 7) is 20.1. The van der Waals surface area contributed by atoms with E-state index in [1.807, 2.05) is 7.41 Å². The minimum Gasteiger partial charge on any atom is -0.436 e. The van der Waals surface area contributed by atoms with Gasteiger partial charge in [-0.05, 0) is 104 Å². The second-order valence-corrected chi connectivity index (χ2v) is 11.0. The van der Waals surface area contributed by atoms with E-state index >= 15 is 0 Å². The van der Waals surface area contributed by atoms with E-state index in [1.54, 1.807) is 16.7 Å². The Balaban J connectivity index is 1.92. The van der Waals surface area contributed by atoms with Crippen molar-refractivity contribution in [1.29, 1.82) is 0 Å². The number of rotatable bonds is 4. The molecule has 1 aromatic carbocycles. The van der Waals surface area contributed by atoms with Crippen LogP contribution in [-0.2, 0) is 11.8 Å². The van der Waals surface area contributed by atoms with Gasteiger partial charge in [0, 0.05) is 11.5 Å². The molecule has 3 aliphatic rings. The van der Waals surface area contributed by atoms with Crippen molar-refractivity contribution >= 4 is 7.41 Å². The maximum absolute atomic E-state index is 4.34. The summed E-state index contributed by atoms with van der Waals surface area (Å²) in [5, 5.41) is 3.38. The number of piperidine rings is 1. The average Bonchev–Trinajstić information content (AvgIpc) is 2.64. The van der Waals surface area contributed by atoms with Crippen molar-refractivity contribution in [2.24, 2.45) is 16.7 Å². The normalized spacial score (nSPS) is 35.4. The molecule has 1 aromatic rings. The molecule has 1 N–H and O–H groups in total. The topological polar surface area (TPSA) is 15.3 Å². The highest BCUT2D eigenvalue weighted by Crippen LogP contribution is 2.71. The quantitative estimate of drug-likeness (QED) is 0.691. The Hall–Kier alpha value is -1.22. The number of hydrogen-bond acceptors (Lipinski definition) is 2. The molecule has 29 heavy (non-hydrogen) atoms. The standard InChI is InChI=1S/C26H40BN2/c1-17-9-10-20-16-22-25(6)12-11-21(15-18(2)28-27-7)24(4,5)26(25,13-14-29(22)8)23(20)19(17)3/h9-10,21-22,28H,2,11-16H2,1,3-8H3/t21?,22-,25?,26-/m0/s1. The predicted molar refractivity (Wildman–Crippen MR) is 125 cm³/mol. The van der Waals surface area contributed by atoms with Crippen LogP contribution < -0.4 is 5.23 Å². The maximum Gasteiger partial charge on any atom is 0.239 e. The summed E-state index contributed by atoms with van der Waals surface area (Å²) in [5.41, 5.74) is 8.33. The number of nitrogens with zero attached hydrogens (tertiary/aromatic N) is 1. The van der Waals surface area contributed by atoms with Crippen molar-refractivity contribution in [3.63, 3.8) is 0 Å². The molecule has 2 fully saturated rings. The molecule has 1 heterocycles. The second kappa shape index (κ2) is 6.90. The van der Waals surface area contributed by atoms with Crippen LogP contribution in [0, 0.1) is 30.6 Å². The van der Waals surface area contributed by atoms with E-state index in [-0.39, 0.29) is 10.8 Å². The van der Waals surface area contributed by atoms with Crippen molar-refractivity contribution in [1.82, 2.24) is 10.1 Å². The van der Waals surface area contributed by atoms with Crippen LogP contribution in [0.25, 0.3) is 0 Å². The Morgan fingerprint density at radius 1 is 1.24 bits per heavy atom. The fraction of sp³-hybridized carbons (Fsp3) is 0.692. The van der Waals surface area contributed by atoms with Gasteiger partial charge in [0.25, 0.3) is 0 Å². The number of fused-ring (bicyclic) bond motifs is 1. The van der Waals surface area contributed by atoms with E-state index in [0.29, 0.717) is 17.4 Å². The van der Waals surface area contributed by atoms with E-state index in [0.717, 1.165) is 6.42 Å². The summed E-state index contributed by atoms with van der Waals surface area (Å²) < 4.78 is 0. The second-order valence-electron chi connectivity index (χ2n) is 11.0. The fourth-order valence-electron chi connectivity index (χ4n) is 8.05. The number of hydrogen-bond donors (Lipinski definition) is 1. The summed E-state index contributed by atoms with van der Waals surface area (Å²) in [7, 11) is 4.39. The molecular weight excluding hydrogens is 351 g/mol. The summed E-state index contributed by atoms with van der Waals surface area (Å²) in [4.78, 5) is 2.68. The van der Waals surface area contributed by atoms with Crippen molar-refractivity contribution in [2.45, 2.75) is 85.0 Å². The first-order valence-electron chi connectivity index (χ1n) is 11.6. The Morgan fingerprint density at radius 2 is 1.97 bits per heavy atom. The van der Waals surface area contributed by atoms with Crippen LogP contribution in [0.1, 0.15) is 68.7 Å². The molecule has 1 saturated carbocycles. The molecule has 0 spiro atoms. The monoisotopic (exact) mass is 391 g/mol. The van der Waals surface area contributed by atoms with Gasteiger partial charge in [-0.15, -0.1) is 0 Å². The zero-order chi connectivity index (χ0) is 21.2. The van der Waals surface area contributed by atoms with Gasteiger partial charge in [0.05, 0.1) is 0 Å². The van der Waals surface area contributed by atoms with Crippen molar-refractivity contribution in [3.05, 3.63) is 46.7 Å². The smallest absolute Gasteiger partial charge is 0.239 e. The molecular formula is C26H40BN2. The molecule has 2 bridgehead atoms. The van der Waals surface area contributed by atoms with E-state index < -0.39 is 0 Å². The summed E-state index contributed by atoms with van der Waals surface area (Å²) >= 11 is 0. The molecule has 4 rings (SSSR count). The van der Waals surface area contributed by atoms with Crippen LogP contribution in [0.3, 0.4) is 0 Å². The molecule has 2 unspecified atom stereocenters. The number of nitrogens with one attached hydrogen (secondary N) is 1. The highest BCUT2D eigenvalue weighted by atomic mass is 15.2. The van der Waals surface area contributed by atoms with Crippen LogP contribution in [0.15, 0.2) is 24.4 Å². The lowest BCUT2D eigenvalue weighted by molar-refractivity contribution is -0.157. The summed E-state index contributed by atoms with van der Waals surface area (Å²) in [6.07, 6.45) is 6.20. The van der Waals surface area contributed by atoms with Crippen LogP contribution in [0.2, 0.25) is 6.82 Å². The summed E-state index contributed by atoms with van der Waals surface area (Å²) in [5.74, 6) is 0.658. The number of likely N-dealkylation sites (tertiary alicyclic amines) is 1. The molecule has 1 radical (unpaired) electrons. The Bertz CT molecular complexity index is 828. The minimum absolute atomic E-state index is 0.228. The van der Waals surface area contributed by atoms with Crippen LogP contribution in [0.4, 0.5) is 0 Å². The highest BCUT2D eigenvalue weighted by Gasteiger charge is 2.69. The number of benzene rings is 1. The van der Waals surface area contributed by atoms with Gasteiger partial charge in [-0.1, -0.05) is 46.3 Å². The maximum atomic E-state index is 4.34. The molecule has 0 aromatic heterocycles. The van der Waals surface area contributed by atoms with Gasteiger partial charge in [0.2, 0.25) is 7.41 Å². The molecule has 2 nitrogen and oxygen atoms in total. The fourth-order valence-corrected chi connectivity index (χ4v) is 8.05. The van der Waals surface area contributed by atoms with Gasteiger partial charge in [-0.3, -0.25) is 0 Å². The lowest BCUT2D eigenvalue weighted by Crippen LogP contribution is -2.72. The Labute approximate surface area is 179 Å². The van der Waals surface area contributed by atoms with Gasteiger partial charge in [0.15, 0.2) is 0 Å². The number of likely N-dealkylation sites (N-methyl/N-ethyl adjacent to an activating group) is 1. The largest absolute Gasteiger partial charge is 0.436 e. The molecule has 2 aliphatic carbocycles. The third-order valence-electron chi connectivity index (χ3n) is 9.72. The van der Waals surface area contributed by atoms with E-state index in [2.05, 4.69) is 77.3 Å². The van der Waals surface area contributed by atoms with Crippen molar-refractivity contribution < 1.29 is 0 Å². The molecule has 157 valence electrons. The molecule has 4 atom stereocenters. The molecule has 3 heteroatoms. The molecule has 1 saturated heterocycles. The van der Waals surface area contributed by atoms with Gasteiger partial charge in [-0.25, -0.2) is 0 Å². The third kappa shape index (κ3) is 2.65. The lowest BCUT2D eigenvalue weighted by Gasteiger charge is -2.72. The van der Waals surface area contributed by atoms with Crippen LogP contribution in [-0.4, -0.2) is 31.9 Å². The van der Waals surface area contributed by atoms with Gasteiger partial charge < -0.3 is 10.1 Å². The van der Waals surface area contributed by atoms with Crippen LogP contribution >= 0.6 is 0 Å². The van der Waals surface area contributed by atoms with E-state index in [1.165, 1.54) is 43.5 Å². The van der Waals surface area contributed by atoms with E-state index in [4.69, 9.17) is 0 Å². The number of allylic oxidation sites excluding steroid dienone is 1.